The summed E-state index contributed by atoms with van der Waals surface area (Å²) in [6, 6.07) is 5.66. The maximum Gasteiger partial charge on any atom is 0.225 e. The third-order valence-electron chi connectivity index (χ3n) is 3.73. The number of methoxy groups -OCH3 is 1. The van der Waals surface area contributed by atoms with Crippen LogP contribution in [0.2, 0.25) is 0 Å². The summed E-state index contributed by atoms with van der Waals surface area (Å²) < 4.78 is 28.4. The number of hydrogen-bond donors (Lipinski definition) is 1. The summed E-state index contributed by atoms with van der Waals surface area (Å²) >= 11 is 0. The molecule has 0 bridgehead atoms. The topological polar surface area (TPSA) is 72.5 Å². The molecule has 1 aromatic rings. The first-order valence-corrected chi connectivity index (χ1v) is 8.70. The smallest absolute Gasteiger partial charge is 0.225 e. The van der Waals surface area contributed by atoms with E-state index in [9.17, 15) is 13.2 Å². The minimum atomic E-state index is -3.03. The number of sulfone groups is 1. The number of amides is 1. The number of rotatable bonds is 4. The van der Waals surface area contributed by atoms with Gasteiger partial charge in [0, 0.05) is 5.56 Å². The predicted octanol–water partition coefficient (Wildman–Crippen LogP) is 1.24. The minimum Gasteiger partial charge on any atom is -0.496 e. The molecule has 0 aromatic heterocycles. The molecule has 1 fully saturated rings. The summed E-state index contributed by atoms with van der Waals surface area (Å²) in [5, 5.41) is 2.86. The van der Waals surface area contributed by atoms with E-state index in [-0.39, 0.29) is 23.8 Å². The van der Waals surface area contributed by atoms with Crippen LogP contribution >= 0.6 is 0 Å². The van der Waals surface area contributed by atoms with Crippen LogP contribution in [0.25, 0.3) is 0 Å². The summed E-state index contributed by atoms with van der Waals surface area (Å²) in [7, 11) is -1.46. The van der Waals surface area contributed by atoms with Gasteiger partial charge in [-0.15, -0.1) is 0 Å². The number of ether oxygens (including phenoxy) is 1. The highest BCUT2D eigenvalue weighted by molar-refractivity contribution is 7.91. The number of carbonyl (C=O) groups is 1. The average molecular weight is 311 g/mol. The number of aryl methyl sites for hydroxylation is 1. The molecular weight excluding hydrogens is 290 g/mol. The Morgan fingerprint density at radius 1 is 1.43 bits per heavy atom. The molecule has 1 amide bonds. The molecule has 1 aromatic carbocycles. The van der Waals surface area contributed by atoms with E-state index in [1.54, 1.807) is 14.0 Å². The van der Waals surface area contributed by atoms with Crippen LogP contribution in [0.4, 0.5) is 0 Å². The fraction of sp³-hybridized carbons (Fsp3) is 0.533. The van der Waals surface area contributed by atoms with E-state index < -0.39 is 15.4 Å². The Labute approximate surface area is 125 Å². The molecule has 5 nitrogen and oxygen atoms in total. The third kappa shape index (κ3) is 3.97. The van der Waals surface area contributed by atoms with Crippen molar-refractivity contribution in [1.29, 1.82) is 0 Å². The van der Waals surface area contributed by atoms with E-state index in [0.29, 0.717) is 12.2 Å². The van der Waals surface area contributed by atoms with Crippen molar-refractivity contribution in [3.8, 4) is 5.75 Å². The van der Waals surface area contributed by atoms with E-state index in [1.165, 1.54) is 0 Å². The third-order valence-corrected chi connectivity index (χ3v) is 5.63. The van der Waals surface area contributed by atoms with Crippen molar-refractivity contribution in [3.05, 3.63) is 29.3 Å². The van der Waals surface area contributed by atoms with Gasteiger partial charge in [-0.25, -0.2) is 8.42 Å². The molecule has 1 aliphatic rings. The standard InChI is InChI=1S/C15H21NO4S/c1-11-4-5-13(20-3)12(8-11)9-14(17)16-15(2)6-7-21(18,19)10-15/h4-5,8H,6-7,9-10H2,1-3H3,(H,16,17)/t15-/m0/s1. The predicted molar refractivity (Wildman–Crippen MR) is 81.3 cm³/mol. The Bertz CT molecular complexity index is 654. The highest BCUT2D eigenvalue weighted by Crippen LogP contribution is 2.24. The summed E-state index contributed by atoms with van der Waals surface area (Å²) in [6.45, 7) is 3.73. The highest BCUT2D eigenvalue weighted by Gasteiger charge is 2.39. The maximum atomic E-state index is 12.2. The first-order valence-electron chi connectivity index (χ1n) is 6.88. The van der Waals surface area contributed by atoms with Gasteiger partial charge in [-0.3, -0.25) is 4.79 Å². The Morgan fingerprint density at radius 3 is 2.71 bits per heavy atom. The Kier molecular flexibility index (Phi) is 4.27. The largest absolute Gasteiger partial charge is 0.496 e. The van der Waals surface area contributed by atoms with Crippen LogP contribution in [0, 0.1) is 6.92 Å². The van der Waals surface area contributed by atoms with E-state index in [2.05, 4.69) is 5.32 Å². The van der Waals surface area contributed by atoms with Gasteiger partial charge >= 0.3 is 0 Å². The van der Waals surface area contributed by atoms with Crippen molar-refractivity contribution in [1.82, 2.24) is 5.32 Å². The first-order chi connectivity index (χ1) is 9.73. The molecule has 0 unspecified atom stereocenters. The van der Waals surface area contributed by atoms with Gasteiger partial charge in [0.05, 0.1) is 30.6 Å². The van der Waals surface area contributed by atoms with Crippen LogP contribution in [0.1, 0.15) is 24.5 Å². The van der Waals surface area contributed by atoms with Crippen LogP contribution in [-0.2, 0) is 21.1 Å². The van der Waals surface area contributed by atoms with E-state index in [4.69, 9.17) is 4.74 Å². The molecule has 1 heterocycles. The van der Waals surface area contributed by atoms with Crippen molar-refractivity contribution in [2.75, 3.05) is 18.6 Å². The lowest BCUT2D eigenvalue weighted by Gasteiger charge is -2.24. The van der Waals surface area contributed by atoms with Gasteiger partial charge < -0.3 is 10.1 Å². The minimum absolute atomic E-state index is 0.0106. The zero-order valence-corrected chi connectivity index (χ0v) is 13.4. The second-order valence-electron chi connectivity index (χ2n) is 5.94. The molecule has 0 radical (unpaired) electrons. The van der Waals surface area contributed by atoms with Gasteiger partial charge in [0.25, 0.3) is 0 Å². The molecular formula is C15H21NO4S. The fourth-order valence-corrected chi connectivity index (χ4v) is 4.80. The van der Waals surface area contributed by atoms with E-state index in [0.717, 1.165) is 11.1 Å². The number of hydrogen-bond acceptors (Lipinski definition) is 4. The van der Waals surface area contributed by atoms with Gasteiger partial charge in [0.1, 0.15) is 5.75 Å². The van der Waals surface area contributed by atoms with Crippen LogP contribution in [-0.4, -0.2) is 38.5 Å². The fourth-order valence-electron chi connectivity index (χ4n) is 2.71. The average Bonchev–Trinajstić information content (AvgIpc) is 2.63. The van der Waals surface area contributed by atoms with E-state index in [1.807, 2.05) is 25.1 Å². The molecule has 6 heteroatoms. The van der Waals surface area contributed by atoms with Gasteiger partial charge in [0.2, 0.25) is 5.91 Å². The van der Waals surface area contributed by atoms with Crippen molar-refractivity contribution in [2.45, 2.75) is 32.2 Å². The lowest BCUT2D eigenvalue weighted by Crippen LogP contribution is -2.47. The summed E-state index contributed by atoms with van der Waals surface area (Å²) in [5.41, 5.74) is 1.19. The quantitative estimate of drug-likeness (QED) is 0.908. The molecule has 1 atom stereocenters. The lowest BCUT2D eigenvalue weighted by atomic mass is 10.0. The number of benzene rings is 1. The molecule has 21 heavy (non-hydrogen) atoms. The second-order valence-corrected chi connectivity index (χ2v) is 8.13. The normalized spacial score (nSPS) is 23.8. The molecule has 1 N–H and O–H groups in total. The van der Waals surface area contributed by atoms with Crippen LogP contribution in [0.3, 0.4) is 0 Å². The summed E-state index contributed by atoms with van der Waals surface area (Å²) in [6.07, 6.45) is 0.645. The molecule has 2 rings (SSSR count). The molecule has 0 spiro atoms. The van der Waals surface area contributed by atoms with Gasteiger partial charge in [0.15, 0.2) is 9.84 Å². The number of nitrogens with one attached hydrogen (secondary N) is 1. The Morgan fingerprint density at radius 2 is 2.14 bits per heavy atom. The zero-order valence-electron chi connectivity index (χ0n) is 12.6. The van der Waals surface area contributed by atoms with Gasteiger partial charge in [-0.1, -0.05) is 17.7 Å². The highest BCUT2D eigenvalue weighted by atomic mass is 32.2. The summed E-state index contributed by atoms with van der Waals surface area (Å²) in [4.78, 5) is 12.2. The zero-order chi connectivity index (χ0) is 15.7. The molecule has 0 saturated carbocycles. The molecule has 1 aliphatic heterocycles. The Hall–Kier alpha value is -1.56. The van der Waals surface area contributed by atoms with Gasteiger partial charge in [-0.2, -0.15) is 0 Å². The molecule has 1 saturated heterocycles. The maximum absolute atomic E-state index is 12.2. The Balaban J connectivity index is 2.07. The molecule has 116 valence electrons. The van der Waals surface area contributed by atoms with Crippen molar-refractivity contribution in [3.63, 3.8) is 0 Å². The SMILES string of the molecule is COc1ccc(C)cc1CC(=O)N[C@@]1(C)CCS(=O)(=O)C1. The van der Waals surface area contributed by atoms with Gasteiger partial charge in [-0.05, 0) is 26.3 Å². The second kappa shape index (κ2) is 5.67. The van der Waals surface area contributed by atoms with Crippen molar-refractivity contribution in [2.24, 2.45) is 0 Å². The number of carbonyl (C=O) groups excluding carboxylic acids is 1. The van der Waals surface area contributed by atoms with E-state index >= 15 is 0 Å². The summed E-state index contributed by atoms with van der Waals surface area (Å²) in [5.74, 6) is 0.632. The molecule has 0 aliphatic carbocycles. The van der Waals surface area contributed by atoms with Crippen LogP contribution in [0.5, 0.6) is 5.75 Å². The van der Waals surface area contributed by atoms with Crippen LogP contribution < -0.4 is 10.1 Å². The van der Waals surface area contributed by atoms with Crippen LogP contribution in [0.15, 0.2) is 18.2 Å². The van der Waals surface area contributed by atoms with Crippen molar-refractivity contribution >= 4 is 15.7 Å². The lowest BCUT2D eigenvalue weighted by molar-refractivity contribution is -0.121. The monoisotopic (exact) mass is 311 g/mol. The van der Waals surface area contributed by atoms with Crippen molar-refractivity contribution < 1.29 is 17.9 Å². The first kappa shape index (κ1) is 15.8.